The molecule has 0 unspecified atom stereocenters. The van der Waals surface area contributed by atoms with Gasteiger partial charge in [-0.15, -0.1) is 0 Å². The Kier molecular flexibility index (Phi) is 43.2. The number of hydrogen-bond donors (Lipinski definition) is 7. The predicted octanol–water partition coefficient (Wildman–Crippen LogP) is 14.1. The van der Waals surface area contributed by atoms with Gasteiger partial charge >= 0.3 is 42.2 Å². The molecule has 3 atom stereocenters. The summed E-state index contributed by atoms with van der Waals surface area (Å²) in [6.45, 7) is 1.82. The molecule has 0 bridgehead atoms. The first-order valence-corrected chi connectivity index (χ1v) is 36.8. The number of ether oxygens (including phenoxy) is 4. The average molecular weight is 1790 g/mol. The molecule has 30 nitrogen and oxygen atoms in total. The van der Waals surface area contributed by atoms with Crippen molar-refractivity contribution >= 4 is 173 Å². The maximum Gasteiger partial charge on any atom is 0.412 e. The number of benzene rings is 6. The highest BCUT2D eigenvalue weighted by atomic mass is 35.5. The number of methoxy groups -OCH3 is 2. The van der Waals surface area contributed by atoms with Crippen LogP contribution in [-0.4, -0.2) is 193 Å². The summed E-state index contributed by atoms with van der Waals surface area (Å²) >= 11 is 17.7. The number of likely N-dealkylation sites (N-methyl/N-ethyl adjacent to an activating group) is 3. The topological polar surface area (TPSA) is 383 Å². The van der Waals surface area contributed by atoms with Crippen LogP contribution in [0.15, 0.2) is 151 Å². The number of urea groups is 3. The highest BCUT2D eigenvalue weighted by molar-refractivity contribution is 7.59. The van der Waals surface area contributed by atoms with Gasteiger partial charge in [0.2, 0.25) is 5.91 Å². The smallest absolute Gasteiger partial charge is 0.412 e. The van der Waals surface area contributed by atoms with Gasteiger partial charge in [-0.25, -0.2) is 60.3 Å². The first-order chi connectivity index (χ1) is 56.0. The second-order valence-electron chi connectivity index (χ2n) is 25.6. The summed E-state index contributed by atoms with van der Waals surface area (Å²) in [7, 11) is 6.99. The number of carbonyl (C=O) groups is 9. The van der Waals surface area contributed by atoms with Crippen molar-refractivity contribution < 1.29 is 93.5 Å². The molecule has 1 aliphatic rings. The summed E-state index contributed by atoms with van der Waals surface area (Å²) in [5, 5.41) is 31.8. The number of anilines is 2. The number of amides is 10. The Morgan fingerprint density at radius 1 is 0.517 bits per heavy atom. The van der Waals surface area contributed by atoms with Crippen LogP contribution in [0.1, 0.15) is 65.7 Å². The van der Waals surface area contributed by atoms with Gasteiger partial charge in [0.1, 0.15) is 65.4 Å². The number of carbonyl (C=O) groups excluding carboxylic acids is 9. The van der Waals surface area contributed by atoms with Crippen LogP contribution >= 0.6 is 75.3 Å². The number of nitrogens with zero attached hydrogens (tertiary/aromatic N) is 10. The van der Waals surface area contributed by atoms with E-state index in [2.05, 4.69) is 66.4 Å². The first-order valence-electron chi connectivity index (χ1n) is 35.7. The Bertz CT molecular complexity index is 5080. The third-order valence-electron chi connectivity index (χ3n) is 17.9. The molecule has 644 valence electrons. The zero-order valence-corrected chi connectivity index (χ0v) is 70.3. The Hall–Kier alpha value is -11.3. The third kappa shape index (κ3) is 31.8. The Morgan fingerprint density at radius 3 is 1.25 bits per heavy atom. The lowest BCUT2D eigenvalue weighted by atomic mass is 10.1. The van der Waals surface area contributed by atoms with E-state index in [1.807, 2.05) is 0 Å². The molecule has 7 N–H and O–H groups in total. The van der Waals surface area contributed by atoms with E-state index >= 15 is 0 Å². The zero-order chi connectivity index (χ0) is 85.3. The summed E-state index contributed by atoms with van der Waals surface area (Å²) in [5.74, 6) is -4.46. The number of aliphatic hydroxyl groups excluding tert-OH is 1. The SMILES string of the molecule is CN(C(=O)NCc1cccc(F)c1Cl)[C@@H](CCC(=O)N1CCNCC1)COC(=O)Nc1cc2cc(F)ccc2cn1.COC(=O)CC[C@@H](CO)N(C)C(=O)NCc1cccc(F)c1Cl.COC(=O)CC[C@@H](COC(=O)Nc1cc2cc(F)ccc2cn1)N(C)C(=O)NCc1cccc(F)c1Cl.S.S.S.[N-]=[N+]=NC(=O)c1cc2cc(F)ccc2cn1. The number of rotatable bonds is 26. The summed E-state index contributed by atoms with van der Waals surface area (Å²) < 4.78 is 101. The van der Waals surface area contributed by atoms with Gasteiger partial charge in [0.25, 0.3) is 5.91 Å². The van der Waals surface area contributed by atoms with Crippen LogP contribution in [-0.2, 0) is 53.0 Å². The minimum absolute atomic E-state index is 0. The number of piperazine rings is 1. The summed E-state index contributed by atoms with van der Waals surface area (Å²) in [6, 6.07) is 26.4. The molecule has 10 amide bonds. The van der Waals surface area contributed by atoms with Crippen LogP contribution in [0.25, 0.3) is 42.8 Å². The van der Waals surface area contributed by atoms with E-state index in [9.17, 15) is 74.6 Å². The number of pyridine rings is 3. The Labute approximate surface area is 720 Å². The maximum atomic E-state index is 13.8. The van der Waals surface area contributed by atoms with E-state index in [0.717, 1.165) is 0 Å². The molecule has 42 heteroatoms. The molecule has 0 aliphatic carbocycles. The van der Waals surface area contributed by atoms with E-state index in [1.165, 1.54) is 160 Å². The van der Waals surface area contributed by atoms with Crippen molar-refractivity contribution in [3.63, 3.8) is 0 Å². The van der Waals surface area contributed by atoms with Crippen LogP contribution in [0.4, 0.5) is 62.0 Å². The fourth-order valence-electron chi connectivity index (χ4n) is 11.1. The van der Waals surface area contributed by atoms with E-state index in [1.54, 1.807) is 41.3 Å². The molecule has 10 rings (SSSR count). The fourth-order valence-corrected chi connectivity index (χ4v) is 11.6. The monoisotopic (exact) mass is 1790 g/mol. The molecule has 1 fully saturated rings. The molecule has 6 aromatic carbocycles. The maximum absolute atomic E-state index is 13.8. The molecule has 9 aromatic rings. The highest BCUT2D eigenvalue weighted by Crippen LogP contribution is 2.26. The van der Waals surface area contributed by atoms with Crippen molar-refractivity contribution in [2.75, 3.05) is 92.0 Å². The molecule has 0 saturated carbocycles. The van der Waals surface area contributed by atoms with Crippen molar-refractivity contribution in [1.29, 1.82) is 0 Å². The number of esters is 2. The number of hydrogen-bond acceptors (Lipinski definition) is 18. The standard InChI is InChI=1S/C28H31ClF2N6O4.C25H25ClF2N4O5.C15H20ClFN2O4.C10H5FN4O.3H2S/c1-36(27(39)34-16-19-3-2-4-23(31)26(19)29)22(7-8-25(38)37-11-9-32-10-12-37)17-41-28(40)35-24-14-20-13-21(30)6-5-18(20)15-33-24;1-32(24(34)30-13-16-4-3-5-20(28)23(16)26)19(8-9-22(33)36-2)14-37-25(35)31-21-11-17-10-18(27)7-6-15(17)12-29-21;1-19(11(9-20)6-7-13(21)23-2)15(22)18-8-10-4-3-5-12(17)14(10)16;11-8-2-1-6-5-13-9(4-7(6)3-8)10(16)14-15-12;;;/h2-6,13-15,22,32H,7-12,16-17H2,1H3,(H,34,39)(H,33,35,40);3-7,10-12,19H,8-9,13-14H2,1-2H3,(H,30,34)(H,29,31,35);3-5,11,20H,6-9H2,1-2H3,(H,18,22);1-5H;3*1H2/t22-;19-;11-;;;;/m000..../s1. The van der Waals surface area contributed by atoms with Crippen LogP contribution in [0.5, 0.6) is 0 Å². The zero-order valence-electron chi connectivity index (χ0n) is 65.0. The van der Waals surface area contributed by atoms with Gasteiger partial charge in [-0.3, -0.25) is 34.8 Å². The van der Waals surface area contributed by atoms with Crippen molar-refractivity contribution in [3.8, 4) is 0 Å². The van der Waals surface area contributed by atoms with Gasteiger partial charge < -0.3 is 64.9 Å². The number of nitrogens with one attached hydrogen (secondary N) is 6. The van der Waals surface area contributed by atoms with Crippen LogP contribution in [0.2, 0.25) is 15.1 Å². The lowest BCUT2D eigenvalue weighted by Gasteiger charge is -2.30. The Balaban J connectivity index is 0.000000351. The molecule has 3 aromatic heterocycles. The quantitative estimate of drug-likeness (QED) is 0.00661. The second kappa shape index (κ2) is 51.2. The Morgan fingerprint density at radius 2 is 0.875 bits per heavy atom. The molecule has 0 radical (unpaired) electrons. The molecular formula is C78H87Cl3F6N16O14S3. The lowest BCUT2D eigenvalue weighted by Crippen LogP contribution is -2.48. The number of halogens is 9. The van der Waals surface area contributed by atoms with Crippen molar-refractivity contribution in [3.05, 3.63) is 229 Å². The van der Waals surface area contributed by atoms with Crippen LogP contribution < -0.4 is 31.9 Å². The average Bonchev–Trinajstić information content (AvgIpc) is 0.829. The van der Waals surface area contributed by atoms with Gasteiger partial charge in [-0.1, -0.05) is 71.2 Å². The van der Waals surface area contributed by atoms with Crippen molar-refractivity contribution in [2.45, 2.75) is 76.3 Å². The van der Waals surface area contributed by atoms with Crippen molar-refractivity contribution in [2.24, 2.45) is 5.11 Å². The summed E-state index contributed by atoms with van der Waals surface area (Å²) in [4.78, 5) is 130. The molecular weight excluding hydrogens is 1700 g/mol. The molecule has 1 saturated heterocycles. The van der Waals surface area contributed by atoms with Gasteiger partial charge in [-0.05, 0) is 154 Å². The predicted molar refractivity (Wildman–Crippen MR) is 454 cm³/mol. The number of azide groups is 1. The van der Waals surface area contributed by atoms with Crippen molar-refractivity contribution in [1.82, 2.24) is 55.8 Å². The number of aromatic nitrogens is 3. The van der Waals surface area contributed by atoms with Gasteiger partial charge in [0.05, 0.1) is 54.0 Å². The van der Waals surface area contributed by atoms with Gasteiger partial charge in [-0.2, -0.15) is 40.5 Å². The first kappa shape index (κ1) is 101. The van der Waals surface area contributed by atoms with E-state index in [-0.39, 0.29) is 157 Å². The van der Waals surface area contributed by atoms with E-state index in [4.69, 9.17) is 49.8 Å². The third-order valence-corrected chi connectivity index (χ3v) is 19.1. The largest absolute Gasteiger partial charge is 0.469 e. The summed E-state index contributed by atoms with van der Waals surface area (Å²) in [5.41, 5.74) is 9.33. The molecule has 120 heavy (non-hydrogen) atoms. The number of aliphatic hydroxyl groups is 1. The normalized spacial score (nSPS) is 11.8. The minimum atomic E-state index is -0.855. The molecule has 0 spiro atoms. The second-order valence-corrected chi connectivity index (χ2v) is 26.7. The summed E-state index contributed by atoms with van der Waals surface area (Å²) in [6.07, 6.45) is 3.56. The van der Waals surface area contributed by atoms with Gasteiger partial charge in [0.15, 0.2) is 0 Å². The lowest BCUT2D eigenvalue weighted by molar-refractivity contribution is -0.141. The minimum Gasteiger partial charge on any atom is -0.469 e. The van der Waals surface area contributed by atoms with Crippen LogP contribution in [0, 0.1) is 34.9 Å². The molecule has 4 heterocycles. The highest BCUT2D eigenvalue weighted by Gasteiger charge is 2.28. The van der Waals surface area contributed by atoms with E-state index in [0.29, 0.717) is 75.2 Å². The van der Waals surface area contributed by atoms with Crippen LogP contribution in [0.3, 0.4) is 0 Å². The molecule has 1 aliphatic heterocycles. The van der Waals surface area contributed by atoms with E-state index < -0.39 is 101 Å². The fraction of sp³-hybridized carbons (Fsp3) is 0.308. The number of fused-ring (bicyclic) bond motifs is 3. The van der Waals surface area contributed by atoms with Gasteiger partial charge in [0, 0.05) is 126 Å².